The third-order valence-electron chi connectivity index (χ3n) is 1.51. The number of rotatable bonds is 1. The Bertz CT molecular complexity index is 194. The van der Waals surface area contributed by atoms with E-state index in [9.17, 15) is 8.42 Å². The zero-order valence-corrected chi connectivity index (χ0v) is 6.47. The van der Waals surface area contributed by atoms with Crippen molar-refractivity contribution < 1.29 is 8.42 Å². The Labute approximate surface area is 61.2 Å². The molecule has 1 heterocycles. The molecule has 10 heavy (non-hydrogen) atoms. The smallest absolute Gasteiger partial charge is 0.216 e. The number of nitrogens with two attached hydrogens (primary N) is 1. The Morgan fingerprint density at radius 2 is 2.20 bits per heavy atom. The van der Waals surface area contributed by atoms with Crippen molar-refractivity contribution in [3.05, 3.63) is 6.42 Å². The highest BCUT2D eigenvalue weighted by Crippen LogP contribution is 2.08. The van der Waals surface area contributed by atoms with Gasteiger partial charge in [0.15, 0.2) is 0 Å². The molecule has 1 radical (unpaired) electrons. The summed E-state index contributed by atoms with van der Waals surface area (Å²) in [5, 5.41) is 4.89. The summed E-state index contributed by atoms with van der Waals surface area (Å²) in [5.41, 5.74) is 0. The van der Waals surface area contributed by atoms with E-state index in [4.69, 9.17) is 5.14 Å². The quantitative estimate of drug-likeness (QED) is 0.566. The molecule has 0 atom stereocenters. The van der Waals surface area contributed by atoms with Gasteiger partial charge in [0.25, 0.3) is 10.2 Å². The lowest BCUT2D eigenvalue weighted by atomic mass is 10.2. The van der Waals surface area contributed by atoms with Crippen molar-refractivity contribution in [1.82, 2.24) is 4.31 Å². The van der Waals surface area contributed by atoms with Gasteiger partial charge in [0.1, 0.15) is 0 Å². The third kappa shape index (κ3) is 1.93. The molecule has 1 aliphatic rings. The van der Waals surface area contributed by atoms with Gasteiger partial charge in [-0.1, -0.05) is 0 Å². The molecule has 0 saturated carbocycles. The van der Waals surface area contributed by atoms with E-state index in [0.717, 1.165) is 12.8 Å². The van der Waals surface area contributed by atoms with E-state index in [1.54, 1.807) is 0 Å². The Morgan fingerprint density at radius 3 is 2.50 bits per heavy atom. The van der Waals surface area contributed by atoms with Gasteiger partial charge in [0, 0.05) is 13.1 Å². The highest BCUT2D eigenvalue weighted by atomic mass is 32.2. The molecule has 59 valence electrons. The van der Waals surface area contributed by atoms with E-state index in [0.29, 0.717) is 13.1 Å². The van der Waals surface area contributed by atoms with Crippen LogP contribution in [0.25, 0.3) is 0 Å². The van der Waals surface area contributed by atoms with Gasteiger partial charge < -0.3 is 0 Å². The van der Waals surface area contributed by atoms with E-state index < -0.39 is 10.2 Å². The topological polar surface area (TPSA) is 63.4 Å². The molecule has 0 aromatic heterocycles. The molecule has 2 N–H and O–H groups in total. The summed E-state index contributed by atoms with van der Waals surface area (Å²) < 4.78 is 22.6. The highest BCUT2D eigenvalue weighted by molar-refractivity contribution is 7.86. The van der Waals surface area contributed by atoms with Gasteiger partial charge in [-0.25, -0.2) is 5.14 Å². The van der Waals surface area contributed by atoms with Crippen molar-refractivity contribution in [2.45, 2.75) is 12.8 Å². The van der Waals surface area contributed by atoms with Gasteiger partial charge in [-0.3, -0.25) is 0 Å². The largest absolute Gasteiger partial charge is 0.276 e. The fraction of sp³-hybridized carbons (Fsp3) is 0.800. The van der Waals surface area contributed by atoms with Crippen LogP contribution in [0.2, 0.25) is 0 Å². The molecule has 0 bridgehead atoms. The van der Waals surface area contributed by atoms with E-state index in [1.807, 2.05) is 6.42 Å². The predicted molar refractivity (Wildman–Crippen MR) is 38.2 cm³/mol. The summed E-state index contributed by atoms with van der Waals surface area (Å²) in [6.45, 7) is 1.04. The monoisotopic (exact) mass is 163 g/mol. The first-order valence-corrected chi connectivity index (χ1v) is 4.70. The molecule has 1 saturated heterocycles. The van der Waals surface area contributed by atoms with Gasteiger partial charge in [-0.05, 0) is 19.3 Å². The Morgan fingerprint density at radius 1 is 1.50 bits per heavy atom. The maximum Gasteiger partial charge on any atom is 0.276 e. The minimum Gasteiger partial charge on any atom is -0.216 e. The van der Waals surface area contributed by atoms with E-state index in [1.165, 1.54) is 4.31 Å². The number of nitrogens with zero attached hydrogens (tertiary/aromatic N) is 1. The molecule has 4 nitrogen and oxygen atoms in total. The molecule has 1 fully saturated rings. The van der Waals surface area contributed by atoms with E-state index in [2.05, 4.69) is 0 Å². The van der Waals surface area contributed by atoms with Crippen LogP contribution in [-0.4, -0.2) is 25.8 Å². The normalized spacial score (nSPS) is 22.9. The molecular formula is C5H11N2O2S. The van der Waals surface area contributed by atoms with Crippen LogP contribution >= 0.6 is 0 Å². The zero-order valence-electron chi connectivity index (χ0n) is 5.66. The average Bonchev–Trinajstić information content (AvgIpc) is 1.88. The van der Waals surface area contributed by atoms with Crippen LogP contribution in [0.3, 0.4) is 0 Å². The average molecular weight is 163 g/mol. The van der Waals surface area contributed by atoms with Crippen LogP contribution in [0.4, 0.5) is 0 Å². The first kappa shape index (κ1) is 7.97. The molecule has 0 aromatic carbocycles. The highest BCUT2D eigenvalue weighted by Gasteiger charge is 2.18. The fourth-order valence-electron chi connectivity index (χ4n) is 0.970. The molecule has 1 aliphatic heterocycles. The second kappa shape index (κ2) is 2.86. The lowest BCUT2D eigenvalue weighted by molar-refractivity contribution is 0.392. The number of hydrogen-bond acceptors (Lipinski definition) is 2. The lowest BCUT2D eigenvalue weighted by Crippen LogP contribution is -2.40. The van der Waals surface area contributed by atoms with Gasteiger partial charge in [-0.2, -0.15) is 12.7 Å². The first-order chi connectivity index (χ1) is 4.61. The molecule has 0 spiro atoms. The van der Waals surface area contributed by atoms with Crippen LogP contribution in [0.5, 0.6) is 0 Å². The van der Waals surface area contributed by atoms with Crippen molar-refractivity contribution in [3.8, 4) is 0 Å². The Kier molecular flexibility index (Phi) is 2.28. The minimum absolute atomic E-state index is 0.471. The first-order valence-electron chi connectivity index (χ1n) is 3.20. The molecule has 1 rings (SSSR count). The minimum atomic E-state index is -3.42. The molecule has 0 amide bonds. The molecule has 0 aliphatic carbocycles. The second-order valence-electron chi connectivity index (χ2n) is 2.33. The molecule has 5 heteroatoms. The maximum absolute atomic E-state index is 10.7. The maximum atomic E-state index is 10.7. The fourth-order valence-corrected chi connectivity index (χ4v) is 1.67. The van der Waals surface area contributed by atoms with Crippen molar-refractivity contribution in [3.63, 3.8) is 0 Å². The summed E-state index contributed by atoms with van der Waals surface area (Å²) in [4.78, 5) is 0. The standard InChI is InChI=1S/C5H11N2O2S/c6-10(8,9)7-4-2-1-3-5-7/h2H,1,3-5H2,(H2,6,8,9). The van der Waals surface area contributed by atoms with E-state index in [-0.39, 0.29) is 0 Å². The van der Waals surface area contributed by atoms with Crippen molar-refractivity contribution in [2.24, 2.45) is 5.14 Å². The zero-order chi connectivity index (χ0) is 7.61. The molecule has 0 unspecified atom stereocenters. The summed E-state index contributed by atoms with van der Waals surface area (Å²) in [7, 11) is -3.42. The Balaban J connectivity index is 2.56. The summed E-state index contributed by atoms with van der Waals surface area (Å²) in [6.07, 6.45) is 3.80. The molecular weight excluding hydrogens is 152 g/mol. The van der Waals surface area contributed by atoms with Crippen LogP contribution in [0.15, 0.2) is 0 Å². The lowest BCUT2D eigenvalue weighted by Gasteiger charge is -2.22. The van der Waals surface area contributed by atoms with Crippen LogP contribution in [0.1, 0.15) is 12.8 Å². The molecule has 0 aromatic rings. The third-order valence-corrected chi connectivity index (χ3v) is 2.56. The predicted octanol–water partition coefficient (Wildman–Crippen LogP) is -0.510. The summed E-state index contributed by atoms with van der Waals surface area (Å²) >= 11 is 0. The van der Waals surface area contributed by atoms with Crippen molar-refractivity contribution >= 4 is 10.2 Å². The van der Waals surface area contributed by atoms with Crippen molar-refractivity contribution in [1.29, 1.82) is 0 Å². The van der Waals surface area contributed by atoms with E-state index >= 15 is 0 Å². The SMILES string of the molecule is NS(=O)(=O)N1C[CH]CCC1. The number of hydrogen-bond donors (Lipinski definition) is 1. The van der Waals surface area contributed by atoms with Crippen LogP contribution < -0.4 is 5.14 Å². The van der Waals surface area contributed by atoms with Gasteiger partial charge in [0.2, 0.25) is 0 Å². The summed E-state index contributed by atoms with van der Waals surface area (Å²) in [6, 6.07) is 0. The van der Waals surface area contributed by atoms with Crippen LogP contribution in [0, 0.1) is 6.42 Å². The van der Waals surface area contributed by atoms with Crippen molar-refractivity contribution in [2.75, 3.05) is 13.1 Å². The van der Waals surface area contributed by atoms with Gasteiger partial charge in [-0.15, -0.1) is 0 Å². The van der Waals surface area contributed by atoms with Crippen LogP contribution in [-0.2, 0) is 10.2 Å². The second-order valence-corrected chi connectivity index (χ2v) is 3.88. The van der Waals surface area contributed by atoms with Gasteiger partial charge in [0.05, 0.1) is 0 Å². The Hall–Kier alpha value is -0.130. The van der Waals surface area contributed by atoms with Gasteiger partial charge >= 0.3 is 0 Å². The summed E-state index contributed by atoms with van der Waals surface area (Å²) in [5.74, 6) is 0. The number of piperidine rings is 1.